The van der Waals surface area contributed by atoms with Crippen molar-refractivity contribution in [3.63, 3.8) is 0 Å². The number of pyridine rings is 1. The molecule has 0 radical (unpaired) electrons. The highest BCUT2D eigenvalue weighted by Gasteiger charge is 2.30. The van der Waals surface area contributed by atoms with Crippen LogP contribution in [0, 0.1) is 6.92 Å². The van der Waals surface area contributed by atoms with Gasteiger partial charge in [0, 0.05) is 24.0 Å². The Morgan fingerprint density at radius 1 is 1.25 bits per heavy atom. The van der Waals surface area contributed by atoms with Gasteiger partial charge in [0.25, 0.3) is 11.5 Å². The Hall–Kier alpha value is -2.15. The van der Waals surface area contributed by atoms with Gasteiger partial charge in [0.2, 0.25) is 0 Å². The van der Waals surface area contributed by atoms with E-state index in [-0.39, 0.29) is 17.9 Å². The van der Waals surface area contributed by atoms with Gasteiger partial charge in [-0.3, -0.25) is 9.59 Å². The molecule has 0 spiro atoms. The lowest BCUT2D eigenvalue weighted by Gasteiger charge is -2.20. The third-order valence-electron chi connectivity index (χ3n) is 4.75. The van der Waals surface area contributed by atoms with Crippen molar-refractivity contribution < 1.29 is 13.2 Å². The summed E-state index contributed by atoms with van der Waals surface area (Å²) in [5.41, 5.74) is 0.972. The second-order valence-corrected chi connectivity index (χ2v) is 8.80. The Kier molecular flexibility index (Phi) is 4.21. The first-order chi connectivity index (χ1) is 11.3. The van der Waals surface area contributed by atoms with Crippen LogP contribution in [0.4, 0.5) is 0 Å². The molecular formula is C17H20N2O4S. The number of aryl methyl sites for hydroxylation is 1. The second-order valence-electron chi connectivity index (χ2n) is 6.26. The average molecular weight is 348 g/mol. The van der Waals surface area contributed by atoms with Crippen molar-refractivity contribution in [3.05, 3.63) is 45.7 Å². The Morgan fingerprint density at radius 3 is 2.71 bits per heavy atom. The Balaban J connectivity index is 2.02. The van der Waals surface area contributed by atoms with Crippen LogP contribution in [-0.2, 0) is 9.84 Å². The molecule has 128 valence electrons. The number of nitrogens with zero attached hydrogens (tertiary/aromatic N) is 1. The lowest BCUT2D eigenvalue weighted by Crippen LogP contribution is -2.37. The number of sulfone groups is 1. The summed E-state index contributed by atoms with van der Waals surface area (Å²) < 4.78 is 24.0. The average Bonchev–Trinajstić information content (AvgIpc) is 2.66. The van der Waals surface area contributed by atoms with Crippen LogP contribution in [0.2, 0.25) is 0 Å². The summed E-state index contributed by atoms with van der Waals surface area (Å²) in [7, 11) is -3.18. The number of H-pyrrole nitrogens is 1. The number of rotatable bonds is 1. The highest BCUT2D eigenvalue weighted by molar-refractivity contribution is 7.92. The fraction of sp³-hybridized carbons (Fsp3) is 0.412. The summed E-state index contributed by atoms with van der Waals surface area (Å²) in [4.78, 5) is 29.5. The molecule has 2 heterocycles. The van der Waals surface area contributed by atoms with E-state index in [9.17, 15) is 18.0 Å². The maximum Gasteiger partial charge on any atom is 0.261 e. The molecule has 1 saturated heterocycles. The number of para-hydroxylation sites is 1. The molecule has 3 rings (SSSR count). The van der Waals surface area contributed by atoms with Crippen molar-refractivity contribution in [1.29, 1.82) is 0 Å². The molecule has 1 aromatic heterocycles. The fourth-order valence-electron chi connectivity index (χ4n) is 3.10. The molecule has 1 amide bonds. The first-order valence-electron chi connectivity index (χ1n) is 7.93. The molecule has 1 aromatic carbocycles. The molecule has 1 N–H and O–H groups in total. The first kappa shape index (κ1) is 16.7. The number of aromatic amines is 1. The zero-order valence-electron chi connectivity index (χ0n) is 13.7. The van der Waals surface area contributed by atoms with Gasteiger partial charge in [-0.05, 0) is 31.9 Å². The Labute approximate surface area is 140 Å². The van der Waals surface area contributed by atoms with Gasteiger partial charge in [-0.15, -0.1) is 0 Å². The predicted molar refractivity (Wildman–Crippen MR) is 93.1 cm³/mol. The van der Waals surface area contributed by atoms with Crippen molar-refractivity contribution in [2.24, 2.45) is 0 Å². The van der Waals surface area contributed by atoms with Crippen LogP contribution in [0.3, 0.4) is 0 Å². The standard InChI is InChI=1S/C17H20N2O4S/c1-11-7-8-19(9-10-24(11,22)23)17(21)15-12(2)13-5-3-4-6-14(13)18-16(15)20/h3-6,11H,7-10H2,1-2H3,(H,18,20). The lowest BCUT2D eigenvalue weighted by atomic mass is 10.0. The third-order valence-corrected chi connectivity index (χ3v) is 6.96. The SMILES string of the molecule is Cc1c(C(=O)N2CCC(C)S(=O)(=O)CC2)c(=O)[nH]c2ccccc12. The zero-order valence-corrected chi connectivity index (χ0v) is 14.5. The first-order valence-corrected chi connectivity index (χ1v) is 9.65. The van der Waals surface area contributed by atoms with Gasteiger partial charge in [0.1, 0.15) is 5.56 Å². The summed E-state index contributed by atoms with van der Waals surface area (Å²) in [5, 5.41) is 0.350. The largest absolute Gasteiger partial charge is 0.337 e. The van der Waals surface area contributed by atoms with Crippen LogP contribution in [0.25, 0.3) is 10.9 Å². The van der Waals surface area contributed by atoms with Crippen molar-refractivity contribution >= 4 is 26.6 Å². The molecule has 0 bridgehead atoms. The quantitative estimate of drug-likeness (QED) is 0.846. The number of hydrogen-bond donors (Lipinski definition) is 1. The summed E-state index contributed by atoms with van der Waals surface area (Å²) in [6.07, 6.45) is 0.388. The fourth-order valence-corrected chi connectivity index (χ4v) is 4.44. The minimum absolute atomic E-state index is 0.0650. The van der Waals surface area contributed by atoms with Crippen molar-refractivity contribution in [1.82, 2.24) is 9.88 Å². The highest BCUT2D eigenvalue weighted by Crippen LogP contribution is 2.20. The van der Waals surface area contributed by atoms with Crippen molar-refractivity contribution in [2.45, 2.75) is 25.5 Å². The number of aromatic nitrogens is 1. The molecular weight excluding hydrogens is 328 g/mol. The number of nitrogens with one attached hydrogen (secondary N) is 1. The van der Waals surface area contributed by atoms with Crippen LogP contribution in [0.15, 0.2) is 29.1 Å². The topological polar surface area (TPSA) is 87.3 Å². The van der Waals surface area contributed by atoms with E-state index in [1.807, 2.05) is 18.2 Å². The van der Waals surface area contributed by atoms with E-state index < -0.39 is 26.6 Å². The summed E-state index contributed by atoms with van der Waals surface area (Å²) >= 11 is 0. The van der Waals surface area contributed by atoms with Gasteiger partial charge in [-0.2, -0.15) is 0 Å². The molecule has 0 saturated carbocycles. The van der Waals surface area contributed by atoms with Crippen LogP contribution >= 0.6 is 0 Å². The molecule has 0 aliphatic carbocycles. The van der Waals surface area contributed by atoms with E-state index in [0.29, 0.717) is 24.0 Å². The van der Waals surface area contributed by atoms with Crippen LogP contribution < -0.4 is 5.56 Å². The molecule has 24 heavy (non-hydrogen) atoms. The van der Waals surface area contributed by atoms with Crippen molar-refractivity contribution in [3.8, 4) is 0 Å². The van der Waals surface area contributed by atoms with Crippen LogP contribution in [0.1, 0.15) is 29.3 Å². The number of hydrogen-bond acceptors (Lipinski definition) is 4. The molecule has 1 aliphatic rings. The van der Waals surface area contributed by atoms with Gasteiger partial charge >= 0.3 is 0 Å². The summed E-state index contributed by atoms with van der Waals surface area (Å²) in [6.45, 7) is 3.88. The van der Waals surface area contributed by atoms with Crippen LogP contribution in [0.5, 0.6) is 0 Å². The molecule has 6 nitrogen and oxygen atoms in total. The molecule has 7 heteroatoms. The summed E-state index contributed by atoms with van der Waals surface area (Å²) in [6, 6.07) is 7.31. The Morgan fingerprint density at radius 2 is 1.96 bits per heavy atom. The minimum Gasteiger partial charge on any atom is -0.337 e. The lowest BCUT2D eigenvalue weighted by molar-refractivity contribution is 0.0764. The number of fused-ring (bicyclic) bond motifs is 1. The predicted octanol–water partition coefficient (Wildman–Crippen LogP) is 1.49. The number of carbonyl (C=O) groups excluding carboxylic acids is 1. The van der Waals surface area contributed by atoms with E-state index in [1.54, 1.807) is 19.9 Å². The third kappa shape index (κ3) is 2.84. The van der Waals surface area contributed by atoms with Gasteiger partial charge < -0.3 is 9.88 Å². The smallest absolute Gasteiger partial charge is 0.261 e. The summed E-state index contributed by atoms with van der Waals surface area (Å²) in [5.74, 6) is -0.464. The van der Waals surface area contributed by atoms with Gasteiger partial charge in [0.15, 0.2) is 9.84 Å². The van der Waals surface area contributed by atoms with Gasteiger partial charge in [-0.25, -0.2) is 8.42 Å². The number of amides is 1. The monoisotopic (exact) mass is 348 g/mol. The minimum atomic E-state index is -3.18. The van der Waals surface area contributed by atoms with Gasteiger partial charge in [0.05, 0.1) is 11.0 Å². The van der Waals surface area contributed by atoms with E-state index in [0.717, 1.165) is 5.39 Å². The number of carbonyl (C=O) groups is 1. The molecule has 1 fully saturated rings. The maximum atomic E-state index is 12.9. The molecule has 1 unspecified atom stereocenters. The Bertz CT molecular complexity index is 962. The van der Waals surface area contributed by atoms with Gasteiger partial charge in [-0.1, -0.05) is 18.2 Å². The van der Waals surface area contributed by atoms with Crippen molar-refractivity contribution in [2.75, 3.05) is 18.8 Å². The number of benzene rings is 1. The van der Waals surface area contributed by atoms with E-state index in [4.69, 9.17) is 0 Å². The highest BCUT2D eigenvalue weighted by atomic mass is 32.2. The van der Waals surface area contributed by atoms with E-state index >= 15 is 0 Å². The molecule has 2 aromatic rings. The zero-order chi connectivity index (χ0) is 17.5. The molecule has 1 aliphatic heterocycles. The maximum absolute atomic E-state index is 12.9. The van der Waals surface area contributed by atoms with E-state index in [2.05, 4.69) is 4.98 Å². The van der Waals surface area contributed by atoms with Crippen LogP contribution in [-0.4, -0.2) is 48.3 Å². The molecule has 1 atom stereocenters. The second kappa shape index (κ2) is 6.05. The normalized spacial score (nSPS) is 20.8. The van der Waals surface area contributed by atoms with E-state index in [1.165, 1.54) is 4.90 Å².